The van der Waals surface area contributed by atoms with Gasteiger partial charge >= 0.3 is 0 Å². The van der Waals surface area contributed by atoms with E-state index in [2.05, 4.69) is 206 Å². The molecule has 312 valence electrons. The summed E-state index contributed by atoms with van der Waals surface area (Å²) in [5.74, 6) is 1.51. The minimum absolute atomic E-state index is 0.678. The zero-order valence-corrected chi connectivity index (χ0v) is 36.4. The van der Waals surface area contributed by atoms with Crippen molar-refractivity contribution in [3.8, 4) is 78.6 Å². The van der Waals surface area contributed by atoms with Gasteiger partial charge in [-0.05, 0) is 101 Å². The molecule has 0 aliphatic carbocycles. The average molecular weight is 853 g/mol. The molecule has 67 heavy (non-hydrogen) atoms. The van der Waals surface area contributed by atoms with Crippen molar-refractivity contribution in [2.45, 2.75) is 0 Å². The van der Waals surface area contributed by atoms with E-state index in [-0.39, 0.29) is 0 Å². The first-order chi connectivity index (χ1) is 33.2. The molecule has 0 spiro atoms. The van der Waals surface area contributed by atoms with Crippen LogP contribution in [0.3, 0.4) is 0 Å². The van der Waals surface area contributed by atoms with E-state index < -0.39 is 0 Å². The Kier molecular flexibility index (Phi) is 9.17. The first-order valence-electron chi connectivity index (χ1n) is 22.8. The van der Waals surface area contributed by atoms with Crippen LogP contribution in [0.1, 0.15) is 0 Å². The molecule has 0 atom stereocenters. The summed E-state index contributed by atoms with van der Waals surface area (Å²) in [5.41, 5.74) is 13.8. The zero-order chi connectivity index (χ0) is 44.3. The molecule has 3 heteroatoms. The van der Waals surface area contributed by atoms with Gasteiger partial charge in [-0.25, -0.2) is 9.97 Å². The van der Waals surface area contributed by atoms with Crippen molar-refractivity contribution in [2.75, 3.05) is 0 Å². The van der Waals surface area contributed by atoms with Crippen LogP contribution in [0.4, 0.5) is 0 Å². The Morgan fingerprint density at radius 3 is 1.58 bits per heavy atom. The van der Waals surface area contributed by atoms with Crippen LogP contribution in [-0.2, 0) is 0 Å². The monoisotopic (exact) mass is 852 g/mol. The Balaban J connectivity index is 0.934. The van der Waals surface area contributed by atoms with Gasteiger partial charge in [-0.2, -0.15) is 0 Å². The molecular formula is C64H40N2O. The van der Waals surface area contributed by atoms with Crippen LogP contribution >= 0.6 is 0 Å². The van der Waals surface area contributed by atoms with Crippen molar-refractivity contribution >= 4 is 54.1 Å². The maximum Gasteiger partial charge on any atom is 0.160 e. The van der Waals surface area contributed by atoms with Crippen LogP contribution in [0.15, 0.2) is 247 Å². The second-order valence-corrected chi connectivity index (χ2v) is 17.2. The van der Waals surface area contributed by atoms with Gasteiger partial charge in [0.2, 0.25) is 0 Å². The molecular weight excluding hydrogens is 813 g/mol. The van der Waals surface area contributed by atoms with Crippen molar-refractivity contribution in [3.63, 3.8) is 0 Å². The van der Waals surface area contributed by atoms with Gasteiger partial charge in [0, 0.05) is 27.6 Å². The van der Waals surface area contributed by atoms with Gasteiger partial charge in [-0.15, -0.1) is 0 Å². The molecule has 0 bridgehead atoms. The highest BCUT2D eigenvalue weighted by Gasteiger charge is 2.21. The van der Waals surface area contributed by atoms with Crippen LogP contribution in [0.25, 0.3) is 133 Å². The summed E-state index contributed by atoms with van der Waals surface area (Å²) in [6, 6.07) is 86.6. The van der Waals surface area contributed by atoms with Gasteiger partial charge < -0.3 is 4.42 Å². The Hall–Kier alpha value is -8.92. The molecule has 0 unspecified atom stereocenters. The van der Waals surface area contributed by atoms with Crippen molar-refractivity contribution in [1.82, 2.24) is 9.97 Å². The van der Waals surface area contributed by atoms with E-state index in [1.54, 1.807) is 0 Å². The fraction of sp³-hybridized carbons (Fsp3) is 0. The highest BCUT2D eigenvalue weighted by Crippen LogP contribution is 2.48. The number of hydrogen-bond donors (Lipinski definition) is 0. The lowest BCUT2D eigenvalue weighted by Crippen LogP contribution is -1.96. The van der Waals surface area contributed by atoms with Crippen LogP contribution in [0.5, 0.6) is 0 Å². The maximum atomic E-state index is 6.27. The van der Waals surface area contributed by atoms with Crippen LogP contribution in [0, 0.1) is 0 Å². The minimum atomic E-state index is 0.678. The molecule has 0 radical (unpaired) electrons. The van der Waals surface area contributed by atoms with E-state index in [9.17, 15) is 0 Å². The fourth-order valence-electron chi connectivity index (χ4n) is 10.1. The molecule has 0 N–H and O–H groups in total. The smallest absolute Gasteiger partial charge is 0.160 e. The van der Waals surface area contributed by atoms with E-state index in [4.69, 9.17) is 14.4 Å². The molecule has 0 aliphatic rings. The number of hydrogen-bond acceptors (Lipinski definition) is 3. The SMILES string of the molecule is c1ccc(-c2nc(-c3ccc(-c4ccc(-c5c6ccccc6c(-c6ccccc6)c6c5ccc5ccccc56)c5ccccc45)cc3)cc(-c3cccc(-c4cc5ccccc5o4)c3)n2)cc1. The normalized spacial score (nSPS) is 11.6. The molecule has 0 amide bonds. The summed E-state index contributed by atoms with van der Waals surface area (Å²) in [5, 5.41) is 11.0. The third-order valence-corrected chi connectivity index (χ3v) is 13.3. The highest BCUT2D eigenvalue weighted by molar-refractivity contribution is 6.29. The van der Waals surface area contributed by atoms with Gasteiger partial charge in [0.1, 0.15) is 11.3 Å². The zero-order valence-electron chi connectivity index (χ0n) is 36.4. The number of rotatable bonds is 7. The Labute approximate surface area is 387 Å². The molecule has 13 aromatic rings. The van der Waals surface area contributed by atoms with Gasteiger partial charge in [-0.1, -0.05) is 218 Å². The highest BCUT2D eigenvalue weighted by atomic mass is 16.3. The number of furan rings is 1. The van der Waals surface area contributed by atoms with Crippen LogP contribution in [0.2, 0.25) is 0 Å². The predicted molar refractivity (Wildman–Crippen MR) is 280 cm³/mol. The van der Waals surface area contributed by atoms with E-state index in [0.29, 0.717) is 5.82 Å². The van der Waals surface area contributed by atoms with Gasteiger partial charge in [-0.3, -0.25) is 0 Å². The number of benzene rings is 11. The predicted octanol–water partition coefficient (Wildman–Crippen LogP) is 17.5. The van der Waals surface area contributed by atoms with Crippen molar-refractivity contribution in [2.24, 2.45) is 0 Å². The molecule has 3 nitrogen and oxygen atoms in total. The minimum Gasteiger partial charge on any atom is -0.456 e. The standard InChI is InChI=1S/C64H40N2O/c1-3-17-44(18-4-1)61-53-27-12-13-28-54(53)62(56-35-34-41-16-7-9-24-50(41)63(56)61)55-37-36-49(51-25-10-11-26-52(51)55)42-30-32-43(33-31-42)57-40-58(66-64(65-57)45-19-5-2-6-20-45)46-22-15-23-47(38-46)60-39-48-21-8-14-29-59(48)67-60/h1-40H. The Bertz CT molecular complexity index is 3990. The molecule has 13 rings (SSSR count). The van der Waals surface area contributed by atoms with Gasteiger partial charge in [0.15, 0.2) is 5.82 Å². The largest absolute Gasteiger partial charge is 0.456 e. The summed E-state index contributed by atoms with van der Waals surface area (Å²) in [7, 11) is 0. The van der Waals surface area contributed by atoms with Crippen molar-refractivity contribution < 1.29 is 4.42 Å². The topological polar surface area (TPSA) is 38.9 Å². The molecule has 0 saturated heterocycles. The van der Waals surface area contributed by atoms with E-state index in [0.717, 1.165) is 55.9 Å². The average Bonchev–Trinajstić information content (AvgIpc) is 3.85. The molecule has 2 heterocycles. The van der Waals surface area contributed by atoms with Gasteiger partial charge in [0.25, 0.3) is 0 Å². The number of fused-ring (bicyclic) bond motifs is 6. The lowest BCUT2D eigenvalue weighted by molar-refractivity contribution is 0.631. The first kappa shape index (κ1) is 38.5. The summed E-state index contributed by atoms with van der Waals surface area (Å²) >= 11 is 0. The lowest BCUT2D eigenvalue weighted by atomic mass is 9.82. The Morgan fingerprint density at radius 1 is 0.284 bits per heavy atom. The van der Waals surface area contributed by atoms with Crippen LogP contribution < -0.4 is 0 Å². The molecule has 2 aromatic heterocycles. The number of nitrogens with zero attached hydrogens (tertiary/aromatic N) is 2. The van der Waals surface area contributed by atoms with Crippen molar-refractivity contribution in [1.29, 1.82) is 0 Å². The summed E-state index contributed by atoms with van der Waals surface area (Å²) in [6.45, 7) is 0. The number of para-hydroxylation sites is 1. The maximum absolute atomic E-state index is 6.27. The first-order valence-corrected chi connectivity index (χ1v) is 22.8. The third-order valence-electron chi connectivity index (χ3n) is 13.3. The third kappa shape index (κ3) is 6.67. The summed E-state index contributed by atoms with van der Waals surface area (Å²) in [4.78, 5) is 10.3. The molecule has 0 fully saturated rings. The van der Waals surface area contributed by atoms with E-state index in [1.807, 2.05) is 36.4 Å². The van der Waals surface area contributed by atoms with Crippen LogP contribution in [-0.4, -0.2) is 9.97 Å². The van der Waals surface area contributed by atoms with Gasteiger partial charge in [0.05, 0.1) is 11.4 Å². The van der Waals surface area contributed by atoms with Crippen molar-refractivity contribution in [3.05, 3.63) is 243 Å². The Morgan fingerprint density at radius 2 is 0.836 bits per heavy atom. The fourth-order valence-corrected chi connectivity index (χ4v) is 10.1. The second kappa shape index (κ2) is 16.0. The summed E-state index contributed by atoms with van der Waals surface area (Å²) in [6.07, 6.45) is 0. The van der Waals surface area contributed by atoms with E-state index >= 15 is 0 Å². The quantitative estimate of drug-likeness (QED) is 0.118. The summed E-state index contributed by atoms with van der Waals surface area (Å²) < 4.78 is 6.27. The second-order valence-electron chi connectivity index (χ2n) is 17.2. The lowest BCUT2D eigenvalue weighted by Gasteiger charge is -2.21. The number of aromatic nitrogens is 2. The van der Waals surface area contributed by atoms with E-state index in [1.165, 1.54) is 70.9 Å². The molecule has 0 saturated carbocycles. The molecule has 11 aromatic carbocycles. The molecule has 0 aliphatic heterocycles.